The van der Waals surface area contributed by atoms with E-state index >= 15 is 0 Å². The van der Waals surface area contributed by atoms with Crippen molar-refractivity contribution < 1.29 is 0 Å². The Morgan fingerprint density at radius 3 is 1.69 bits per heavy atom. The molecule has 0 bridgehead atoms. The highest BCUT2D eigenvalue weighted by molar-refractivity contribution is 9.09. The zero-order chi connectivity index (χ0) is 10.5. The van der Waals surface area contributed by atoms with Crippen LogP contribution in [-0.2, 0) is 0 Å². The molecule has 0 aromatic rings. The molecular formula is C12H23Br. The van der Waals surface area contributed by atoms with Crippen LogP contribution < -0.4 is 0 Å². The standard InChI is InChI=1S/C12H23Br/c1-10(2,8-13)7-9-11(3,4)12(9,5)6/h9H,7-8H2,1-6H3. The summed E-state index contributed by atoms with van der Waals surface area (Å²) in [5.41, 5.74) is 1.55. The van der Waals surface area contributed by atoms with Crippen molar-refractivity contribution in [1.82, 2.24) is 0 Å². The van der Waals surface area contributed by atoms with Gasteiger partial charge in [-0.3, -0.25) is 0 Å². The molecule has 1 aliphatic carbocycles. The van der Waals surface area contributed by atoms with Gasteiger partial charge in [-0.25, -0.2) is 0 Å². The molecule has 0 aromatic carbocycles. The first-order chi connectivity index (χ1) is 5.65. The monoisotopic (exact) mass is 246 g/mol. The summed E-state index contributed by atoms with van der Waals surface area (Å²) in [4.78, 5) is 0. The van der Waals surface area contributed by atoms with Crippen molar-refractivity contribution in [2.75, 3.05) is 5.33 Å². The van der Waals surface area contributed by atoms with E-state index in [9.17, 15) is 0 Å². The van der Waals surface area contributed by atoms with Crippen molar-refractivity contribution in [3.05, 3.63) is 0 Å². The summed E-state index contributed by atoms with van der Waals surface area (Å²) in [7, 11) is 0. The van der Waals surface area contributed by atoms with Crippen LogP contribution in [0.2, 0.25) is 0 Å². The van der Waals surface area contributed by atoms with Gasteiger partial charge in [-0.2, -0.15) is 0 Å². The Hall–Kier alpha value is 0.480. The second kappa shape index (κ2) is 2.98. The van der Waals surface area contributed by atoms with E-state index in [-0.39, 0.29) is 0 Å². The third-order valence-electron chi connectivity index (χ3n) is 4.44. The first-order valence-electron chi connectivity index (χ1n) is 5.21. The molecule has 0 radical (unpaired) electrons. The fourth-order valence-electron chi connectivity index (χ4n) is 2.45. The van der Waals surface area contributed by atoms with Crippen molar-refractivity contribution >= 4 is 15.9 Å². The topological polar surface area (TPSA) is 0 Å². The van der Waals surface area contributed by atoms with Gasteiger partial charge < -0.3 is 0 Å². The maximum Gasteiger partial charge on any atom is 0.00827 e. The second-order valence-corrected chi connectivity index (χ2v) is 7.06. The van der Waals surface area contributed by atoms with Gasteiger partial charge in [-0.15, -0.1) is 0 Å². The summed E-state index contributed by atoms with van der Waals surface area (Å²) in [5, 5.41) is 1.11. The van der Waals surface area contributed by atoms with E-state index in [2.05, 4.69) is 57.5 Å². The lowest BCUT2D eigenvalue weighted by Gasteiger charge is -2.22. The molecule has 1 rings (SSSR count). The summed E-state index contributed by atoms with van der Waals surface area (Å²) in [6.45, 7) is 14.3. The van der Waals surface area contributed by atoms with E-state index in [4.69, 9.17) is 0 Å². The SMILES string of the molecule is CC(C)(CBr)CC1C(C)(C)C1(C)C. The lowest BCUT2D eigenvalue weighted by Crippen LogP contribution is -2.15. The third-order valence-corrected chi connectivity index (χ3v) is 5.96. The highest BCUT2D eigenvalue weighted by atomic mass is 79.9. The van der Waals surface area contributed by atoms with Crippen LogP contribution >= 0.6 is 15.9 Å². The number of hydrogen-bond acceptors (Lipinski definition) is 0. The third kappa shape index (κ3) is 1.82. The fourth-order valence-corrected chi connectivity index (χ4v) is 2.68. The minimum Gasteiger partial charge on any atom is -0.0922 e. The van der Waals surface area contributed by atoms with E-state index in [1.165, 1.54) is 6.42 Å². The van der Waals surface area contributed by atoms with Gasteiger partial charge in [0.1, 0.15) is 0 Å². The molecule has 78 valence electrons. The molecule has 1 aliphatic rings. The summed E-state index contributed by atoms with van der Waals surface area (Å²) in [6, 6.07) is 0. The molecular weight excluding hydrogens is 224 g/mol. The van der Waals surface area contributed by atoms with Crippen LogP contribution in [0.4, 0.5) is 0 Å². The fraction of sp³-hybridized carbons (Fsp3) is 1.00. The van der Waals surface area contributed by atoms with Gasteiger partial charge >= 0.3 is 0 Å². The van der Waals surface area contributed by atoms with Crippen LogP contribution in [0.25, 0.3) is 0 Å². The molecule has 0 unspecified atom stereocenters. The maximum absolute atomic E-state index is 3.60. The second-order valence-electron chi connectivity index (χ2n) is 6.50. The summed E-state index contributed by atoms with van der Waals surface area (Å²) < 4.78 is 0. The largest absolute Gasteiger partial charge is 0.0922 e. The van der Waals surface area contributed by atoms with Gasteiger partial charge in [0.25, 0.3) is 0 Å². The zero-order valence-corrected chi connectivity index (χ0v) is 11.5. The van der Waals surface area contributed by atoms with E-state index in [1.54, 1.807) is 0 Å². The Kier molecular flexibility index (Phi) is 2.65. The molecule has 0 spiro atoms. The van der Waals surface area contributed by atoms with Crippen molar-refractivity contribution in [2.24, 2.45) is 22.2 Å². The normalized spacial score (nSPS) is 26.1. The molecule has 1 heteroatoms. The van der Waals surface area contributed by atoms with Gasteiger partial charge in [0.2, 0.25) is 0 Å². The van der Waals surface area contributed by atoms with Gasteiger partial charge in [0.15, 0.2) is 0 Å². The predicted octanol–water partition coefficient (Wildman–Crippen LogP) is 4.48. The molecule has 0 saturated heterocycles. The molecule has 1 fully saturated rings. The van der Waals surface area contributed by atoms with Crippen molar-refractivity contribution in [1.29, 1.82) is 0 Å². The van der Waals surface area contributed by atoms with Crippen molar-refractivity contribution in [3.63, 3.8) is 0 Å². The zero-order valence-electron chi connectivity index (χ0n) is 9.87. The lowest BCUT2D eigenvalue weighted by atomic mass is 9.87. The quantitative estimate of drug-likeness (QED) is 0.645. The minimum atomic E-state index is 0.454. The van der Waals surface area contributed by atoms with E-state index < -0.39 is 0 Å². The minimum absolute atomic E-state index is 0.454. The summed E-state index contributed by atoms with van der Waals surface area (Å²) in [6.07, 6.45) is 1.35. The van der Waals surface area contributed by atoms with E-state index in [0.29, 0.717) is 16.2 Å². The van der Waals surface area contributed by atoms with Crippen LogP contribution in [0.1, 0.15) is 48.0 Å². The lowest BCUT2D eigenvalue weighted by molar-refractivity contribution is 0.330. The average Bonchev–Trinajstić information content (AvgIpc) is 2.33. The van der Waals surface area contributed by atoms with Crippen LogP contribution in [0, 0.1) is 22.2 Å². The average molecular weight is 247 g/mol. The van der Waals surface area contributed by atoms with E-state index in [0.717, 1.165) is 11.2 Å². The summed E-state index contributed by atoms with van der Waals surface area (Å²) in [5.74, 6) is 0.896. The van der Waals surface area contributed by atoms with Crippen molar-refractivity contribution in [3.8, 4) is 0 Å². The predicted molar refractivity (Wildman–Crippen MR) is 63.2 cm³/mol. The molecule has 0 amide bonds. The highest BCUT2D eigenvalue weighted by Crippen LogP contribution is 2.71. The first kappa shape index (κ1) is 11.6. The van der Waals surface area contributed by atoms with Gasteiger partial charge in [-0.1, -0.05) is 57.5 Å². The number of alkyl halides is 1. The van der Waals surface area contributed by atoms with E-state index in [1.807, 2.05) is 0 Å². The van der Waals surface area contributed by atoms with Crippen molar-refractivity contribution in [2.45, 2.75) is 48.0 Å². The van der Waals surface area contributed by atoms with Crippen LogP contribution in [0.3, 0.4) is 0 Å². The number of halogens is 1. The Morgan fingerprint density at radius 1 is 1.08 bits per heavy atom. The molecule has 1 saturated carbocycles. The molecule has 13 heavy (non-hydrogen) atoms. The highest BCUT2D eigenvalue weighted by Gasteiger charge is 2.64. The molecule has 0 N–H and O–H groups in total. The Balaban J connectivity index is 2.61. The summed E-state index contributed by atoms with van der Waals surface area (Å²) >= 11 is 3.60. The molecule has 0 aliphatic heterocycles. The van der Waals surface area contributed by atoms with Crippen LogP contribution in [0.15, 0.2) is 0 Å². The molecule has 0 atom stereocenters. The number of hydrogen-bond donors (Lipinski definition) is 0. The van der Waals surface area contributed by atoms with Crippen LogP contribution in [-0.4, -0.2) is 5.33 Å². The Bertz CT molecular complexity index is 187. The smallest absolute Gasteiger partial charge is 0.00827 e. The van der Waals surface area contributed by atoms with Gasteiger partial charge in [-0.05, 0) is 28.6 Å². The van der Waals surface area contributed by atoms with Gasteiger partial charge in [0.05, 0.1) is 0 Å². The molecule has 0 heterocycles. The first-order valence-corrected chi connectivity index (χ1v) is 6.33. The maximum atomic E-state index is 3.60. The van der Waals surface area contributed by atoms with Crippen LogP contribution in [0.5, 0.6) is 0 Å². The Labute approximate surface area is 91.6 Å². The van der Waals surface area contributed by atoms with Gasteiger partial charge in [0, 0.05) is 5.33 Å². The molecule has 0 nitrogen and oxygen atoms in total. The Morgan fingerprint density at radius 2 is 1.46 bits per heavy atom. The number of rotatable bonds is 3. The molecule has 0 aromatic heterocycles.